The lowest BCUT2D eigenvalue weighted by Gasteiger charge is -2.13. The minimum atomic E-state index is -2.95. The molecule has 1 rings (SSSR count). The first-order valence-electron chi connectivity index (χ1n) is 4.46. The maximum atomic E-state index is 11.6. The lowest BCUT2D eigenvalue weighted by atomic mass is 10.2. The summed E-state index contributed by atoms with van der Waals surface area (Å²) in [7, 11) is -1.57. The molecule has 1 atom stereocenters. The van der Waals surface area contributed by atoms with Gasteiger partial charge in [-0.25, -0.2) is 4.57 Å². The molecule has 0 N–H and O–H groups in total. The lowest BCUT2D eigenvalue weighted by Crippen LogP contribution is -1.93. The highest BCUT2D eigenvalue weighted by Crippen LogP contribution is 2.43. The van der Waals surface area contributed by atoms with Crippen molar-refractivity contribution in [2.75, 3.05) is 20.0 Å². The number of benzene rings is 1. The smallest absolute Gasteiger partial charge is 0.375 e. The van der Waals surface area contributed by atoms with E-state index < -0.39 is 7.60 Å². The fourth-order valence-corrected chi connectivity index (χ4v) is 2.29. The van der Waals surface area contributed by atoms with Gasteiger partial charge in [-0.05, 0) is 36.9 Å². The second kappa shape index (κ2) is 5.06. The van der Waals surface area contributed by atoms with Crippen LogP contribution in [0.15, 0.2) is 23.1 Å². The monoisotopic (exact) mass is 246 g/mol. The summed E-state index contributed by atoms with van der Waals surface area (Å²) in [4.78, 5) is 1.19. The van der Waals surface area contributed by atoms with Gasteiger partial charge in [-0.3, -0.25) is 0 Å². The molecule has 0 aromatic heterocycles. The van der Waals surface area contributed by atoms with Crippen molar-refractivity contribution in [1.29, 1.82) is 0 Å². The van der Waals surface area contributed by atoms with Crippen molar-refractivity contribution in [2.45, 2.75) is 11.8 Å². The molecular formula is C10H15O3PS. The average molecular weight is 246 g/mol. The van der Waals surface area contributed by atoms with E-state index in [2.05, 4.69) is 0 Å². The quantitative estimate of drug-likeness (QED) is 0.601. The van der Waals surface area contributed by atoms with Gasteiger partial charge in [0.15, 0.2) is 0 Å². The van der Waals surface area contributed by atoms with Crippen LogP contribution >= 0.6 is 19.4 Å². The standard InChI is InChI=1S/C10H15O3PS/c1-8-7-9(5-6-10(8)15-4)13-14(3,11)12-2/h5-7H,1-4H3. The highest BCUT2D eigenvalue weighted by molar-refractivity contribution is 7.98. The molecule has 0 radical (unpaired) electrons. The third kappa shape index (κ3) is 3.56. The maximum Gasteiger partial charge on any atom is 0.375 e. The first-order chi connectivity index (χ1) is 6.98. The molecule has 0 amide bonds. The predicted molar refractivity (Wildman–Crippen MR) is 64.1 cm³/mol. The van der Waals surface area contributed by atoms with Gasteiger partial charge in [-0.1, -0.05) is 0 Å². The molecule has 5 heteroatoms. The minimum Gasteiger partial charge on any atom is -0.425 e. The fourth-order valence-electron chi connectivity index (χ4n) is 1.14. The summed E-state index contributed by atoms with van der Waals surface area (Å²) in [5, 5.41) is 0. The van der Waals surface area contributed by atoms with Gasteiger partial charge >= 0.3 is 7.60 Å². The Labute approximate surface area is 94.7 Å². The fraction of sp³-hybridized carbons (Fsp3) is 0.400. The van der Waals surface area contributed by atoms with E-state index in [1.807, 2.05) is 25.3 Å². The van der Waals surface area contributed by atoms with Crippen LogP contribution in [-0.2, 0) is 9.09 Å². The Kier molecular flexibility index (Phi) is 4.26. The van der Waals surface area contributed by atoms with Crippen molar-refractivity contribution in [1.82, 2.24) is 0 Å². The SMILES string of the molecule is COP(C)(=O)Oc1ccc(SC)c(C)c1. The van der Waals surface area contributed by atoms with Crippen molar-refractivity contribution in [3.8, 4) is 5.75 Å². The summed E-state index contributed by atoms with van der Waals surface area (Å²) < 4.78 is 21.6. The van der Waals surface area contributed by atoms with Crippen LogP contribution in [0.4, 0.5) is 0 Å². The van der Waals surface area contributed by atoms with E-state index in [0.29, 0.717) is 5.75 Å². The third-order valence-electron chi connectivity index (χ3n) is 1.97. The second-order valence-electron chi connectivity index (χ2n) is 3.18. The van der Waals surface area contributed by atoms with Crippen molar-refractivity contribution in [3.63, 3.8) is 0 Å². The van der Waals surface area contributed by atoms with Crippen LogP contribution in [0.2, 0.25) is 0 Å². The second-order valence-corrected chi connectivity index (χ2v) is 6.12. The maximum absolute atomic E-state index is 11.6. The number of rotatable bonds is 4. The van der Waals surface area contributed by atoms with Gasteiger partial charge in [0.05, 0.1) is 0 Å². The molecule has 0 aliphatic rings. The van der Waals surface area contributed by atoms with Crippen LogP contribution in [0.25, 0.3) is 0 Å². The molecule has 1 unspecified atom stereocenters. The summed E-state index contributed by atoms with van der Waals surface area (Å²) in [5.74, 6) is 0.581. The molecule has 0 fully saturated rings. The van der Waals surface area contributed by atoms with Gasteiger partial charge in [0.25, 0.3) is 0 Å². The predicted octanol–water partition coefficient (Wildman–Crippen LogP) is 3.57. The summed E-state index contributed by atoms with van der Waals surface area (Å²) >= 11 is 1.67. The van der Waals surface area contributed by atoms with E-state index in [0.717, 1.165) is 5.56 Å². The zero-order chi connectivity index (χ0) is 11.5. The van der Waals surface area contributed by atoms with Crippen LogP contribution in [0.3, 0.4) is 0 Å². The molecule has 0 bridgehead atoms. The molecule has 1 aromatic rings. The number of thioether (sulfide) groups is 1. The van der Waals surface area contributed by atoms with Crippen molar-refractivity contribution in [2.24, 2.45) is 0 Å². The topological polar surface area (TPSA) is 35.5 Å². The number of hydrogen-bond donors (Lipinski definition) is 0. The van der Waals surface area contributed by atoms with Crippen LogP contribution in [0.1, 0.15) is 5.56 Å². The third-order valence-corrected chi connectivity index (χ3v) is 4.07. The van der Waals surface area contributed by atoms with Crippen molar-refractivity contribution < 1.29 is 13.6 Å². The van der Waals surface area contributed by atoms with E-state index >= 15 is 0 Å². The molecule has 0 saturated heterocycles. The molecule has 0 saturated carbocycles. The Bertz CT molecular complexity index is 392. The summed E-state index contributed by atoms with van der Waals surface area (Å²) in [6, 6.07) is 5.61. The summed E-state index contributed by atoms with van der Waals surface area (Å²) in [6.45, 7) is 3.44. The van der Waals surface area contributed by atoms with Gasteiger partial charge in [0.2, 0.25) is 0 Å². The van der Waals surface area contributed by atoms with Crippen LogP contribution in [0.5, 0.6) is 5.75 Å². The molecule has 0 spiro atoms. The molecular weight excluding hydrogens is 231 g/mol. The van der Waals surface area contributed by atoms with Crippen LogP contribution in [0, 0.1) is 6.92 Å². The van der Waals surface area contributed by atoms with Gasteiger partial charge in [0, 0.05) is 18.7 Å². The van der Waals surface area contributed by atoms with E-state index in [4.69, 9.17) is 9.05 Å². The normalized spacial score (nSPS) is 14.7. The van der Waals surface area contributed by atoms with Gasteiger partial charge in [-0.15, -0.1) is 11.8 Å². The Morgan fingerprint density at radius 2 is 2.07 bits per heavy atom. The highest BCUT2D eigenvalue weighted by atomic mass is 32.2. The molecule has 1 aromatic carbocycles. The summed E-state index contributed by atoms with van der Waals surface area (Å²) in [6.07, 6.45) is 2.02. The first kappa shape index (κ1) is 12.6. The summed E-state index contributed by atoms with van der Waals surface area (Å²) in [5.41, 5.74) is 1.11. The van der Waals surface area contributed by atoms with E-state index in [1.54, 1.807) is 17.8 Å². The lowest BCUT2D eigenvalue weighted by molar-refractivity contribution is 0.328. The first-order valence-corrected chi connectivity index (χ1v) is 7.67. The molecule has 3 nitrogen and oxygen atoms in total. The molecule has 15 heavy (non-hydrogen) atoms. The molecule has 0 heterocycles. The van der Waals surface area contributed by atoms with E-state index in [1.165, 1.54) is 18.7 Å². The molecule has 0 aliphatic heterocycles. The Hall–Kier alpha value is -0.440. The zero-order valence-corrected chi connectivity index (χ0v) is 11.0. The number of aryl methyl sites for hydroxylation is 1. The average Bonchev–Trinajstić information content (AvgIpc) is 2.17. The minimum absolute atomic E-state index is 0.581. The van der Waals surface area contributed by atoms with Crippen molar-refractivity contribution >= 4 is 19.4 Å². The van der Waals surface area contributed by atoms with E-state index in [-0.39, 0.29) is 0 Å². The molecule has 84 valence electrons. The highest BCUT2D eigenvalue weighted by Gasteiger charge is 2.16. The van der Waals surface area contributed by atoms with E-state index in [9.17, 15) is 4.57 Å². The molecule has 0 aliphatic carbocycles. The van der Waals surface area contributed by atoms with Gasteiger partial charge in [-0.2, -0.15) is 0 Å². The largest absolute Gasteiger partial charge is 0.425 e. The van der Waals surface area contributed by atoms with Gasteiger partial charge < -0.3 is 9.05 Å². The zero-order valence-electron chi connectivity index (χ0n) is 9.31. The number of hydrogen-bond acceptors (Lipinski definition) is 4. The Morgan fingerprint density at radius 1 is 1.40 bits per heavy atom. The Balaban J connectivity index is 2.89. The van der Waals surface area contributed by atoms with Crippen LogP contribution < -0.4 is 4.52 Å². The van der Waals surface area contributed by atoms with Gasteiger partial charge in [0.1, 0.15) is 5.75 Å². The van der Waals surface area contributed by atoms with Crippen molar-refractivity contribution in [3.05, 3.63) is 23.8 Å². The van der Waals surface area contributed by atoms with Crippen LogP contribution in [-0.4, -0.2) is 20.0 Å². The Morgan fingerprint density at radius 3 is 2.53 bits per heavy atom.